The molecule has 90 valence electrons. The number of hydrogen-bond donors (Lipinski definition) is 0. The van der Waals surface area contributed by atoms with Crippen LogP contribution in [0.4, 0.5) is 13.2 Å². The van der Waals surface area contributed by atoms with Gasteiger partial charge in [0.2, 0.25) is 0 Å². The normalized spacial score (nSPS) is 11.8. The molecule has 1 rings (SSSR count). The van der Waals surface area contributed by atoms with Crippen LogP contribution in [-0.4, -0.2) is 11.2 Å². The molecule has 0 aromatic carbocycles. The van der Waals surface area contributed by atoms with E-state index in [0.717, 1.165) is 24.1 Å². The van der Waals surface area contributed by atoms with Crippen molar-refractivity contribution < 1.29 is 13.2 Å². The van der Waals surface area contributed by atoms with Gasteiger partial charge in [-0.05, 0) is 30.9 Å². The number of alkyl halides is 3. The van der Waals surface area contributed by atoms with Crippen molar-refractivity contribution in [3.8, 4) is 0 Å². The van der Waals surface area contributed by atoms with E-state index in [1.165, 1.54) is 0 Å². The largest absolute Gasteiger partial charge is 0.389 e. The molecule has 1 nitrogen and oxygen atoms in total. The van der Waals surface area contributed by atoms with Gasteiger partial charge in [-0.15, -0.1) is 0 Å². The third kappa shape index (κ3) is 5.14. The van der Waals surface area contributed by atoms with Gasteiger partial charge in [-0.1, -0.05) is 19.4 Å². The van der Waals surface area contributed by atoms with E-state index in [1.54, 1.807) is 6.20 Å². The molecule has 0 spiro atoms. The molecule has 0 atom stereocenters. The standard InChI is InChI=1S/C12H16F3N/c1-2-4-11-7-6-10(9-16-11)5-3-8-12(13,14)15/h6-7,9H,2-5,8H2,1H3. The highest BCUT2D eigenvalue weighted by atomic mass is 19.4. The Morgan fingerprint density at radius 3 is 2.44 bits per heavy atom. The first kappa shape index (κ1) is 13.0. The zero-order valence-corrected chi connectivity index (χ0v) is 9.35. The zero-order valence-electron chi connectivity index (χ0n) is 9.35. The maximum atomic E-state index is 11.9. The van der Waals surface area contributed by atoms with Gasteiger partial charge in [0.1, 0.15) is 0 Å². The molecule has 0 aliphatic carbocycles. The summed E-state index contributed by atoms with van der Waals surface area (Å²) in [7, 11) is 0. The average molecular weight is 231 g/mol. The van der Waals surface area contributed by atoms with Crippen LogP contribution < -0.4 is 0 Å². The summed E-state index contributed by atoms with van der Waals surface area (Å²) in [6.45, 7) is 2.07. The molecule has 1 aromatic rings. The lowest BCUT2D eigenvalue weighted by molar-refractivity contribution is -0.135. The van der Waals surface area contributed by atoms with E-state index in [0.29, 0.717) is 6.42 Å². The summed E-state index contributed by atoms with van der Waals surface area (Å²) in [6, 6.07) is 3.76. The Labute approximate surface area is 93.7 Å². The number of rotatable bonds is 5. The van der Waals surface area contributed by atoms with Crippen LogP contribution in [0.3, 0.4) is 0 Å². The lowest BCUT2D eigenvalue weighted by Gasteiger charge is -2.06. The van der Waals surface area contributed by atoms with Crippen LogP contribution >= 0.6 is 0 Å². The van der Waals surface area contributed by atoms with Crippen LogP contribution in [0.2, 0.25) is 0 Å². The first-order chi connectivity index (χ1) is 7.51. The van der Waals surface area contributed by atoms with E-state index < -0.39 is 12.6 Å². The number of aromatic nitrogens is 1. The SMILES string of the molecule is CCCc1ccc(CCCC(F)(F)F)cn1. The Hall–Kier alpha value is -1.06. The van der Waals surface area contributed by atoms with Crippen LogP contribution in [0.15, 0.2) is 18.3 Å². The van der Waals surface area contributed by atoms with E-state index in [2.05, 4.69) is 11.9 Å². The number of pyridine rings is 1. The van der Waals surface area contributed by atoms with Gasteiger partial charge in [0, 0.05) is 18.3 Å². The summed E-state index contributed by atoms with van der Waals surface area (Å²) in [5, 5.41) is 0. The molecule has 1 aromatic heterocycles. The minimum absolute atomic E-state index is 0.137. The smallest absolute Gasteiger partial charge is 0.261 e. The molecule has 16 heavy (non-hydrogen) atoms. The van der Waals surface area contributed by atoms with Crippen LogP contribution in [0, 0.1) is 0 Å². The van der Waals surface area contributed by atoms with Gasteiger partial charge in [0.15, 0.2) is 0 Å². The van der Waals surface area contributed by atoms with E-state index in [4.69, 9.17) is 0 Å². The highest BCUT2D eigenvalue weighted by Crippen LogP contribution is 2.22. The Balaban J connectivity index is 2.37. The average Bonchev–Trinajstić information content (AvgIpc) is 2.19. The summed E-state index contributed by atoms with van der Waals surface area (Å²) in [5.41, 5.74) is 1.88. The maximum Gasteiger partial charge on any atom is 0.389 e. The molecule has 0 radical (unpaired) electrons. The minimum Gasteiger partial charge on any atom is -0.261 e. The second kappa shape index (κ2) is 5.87. The molecule has 0 saturated carbocycles. The van der Waals surface area contributed by atoms with Crippen molar-refractivity contribution in [3.05, 3.63) is 29.6 Å². The zero-order chi connectivity index (χ0) is 12.0. The molecule has 0 aliphatic rings. The van der Waals surface area contributed by atoms with Crippen molar-refractivity contribution in [1.82, 2.24) is 4.98 Å². The van der Waals surface area contributed by atoms with Crippen LogP contribution in [0.5, 0.6) is 0 Å². The summed E-state index contributed by atoms with van der Waals surface area (Å²) in [6.07, 6.45) is -0.554. The Morgan fingerprint density at radius 2 is 1.94 bits per heavy atom. The predicted molar refractivity (Wildman–Crippen MR) is 57.2 cm³/mol. The first-order valence-corrected chi connectivity index (χ1v) is 5.52. The van der Waals surface area contributed by atoms with Gasteiger partial charge in [-0.25, -0.2) is 0 Å². The highest BCUT2D eigenvalue weighted by Gasteiger charge is 2.25. The molecule has 0 unspecified atom stereocenters. The molecule has 4 heteroatoms. The lowest BCUT2D eigenvalue weighted by atomic mass is 10.1. The third-order valence-electron chi connectivity index (χ3n) is 2.32. The van der Waals surface area contributed by atoms with E-state index >= 15 is 0 Å². The van der Waals surface area contributed by atoms with Gasteiger partial charge in [0.05, 0.1) is 0 Å². The topological polar surface area (TPSA) is 12.9 Å². The van der Waals surface area contributed by atoms with Crippen molar-refractivity contribution in [2.45, 2.75) is 45.2 Å². The molecule has 1 heterocycles. The Morgan fingerprint density at radius 1 is 1.19 bits per heavy atom. The van der Waals surface area contributed by atoms with Gasteiger partial charge in [0.25, 0.3) is 0 Å². The molecule has 0 bridgehead atoms. The number of nitrogens with zero attached hydrogens (tertiary/aromatic N) is 1. The van der Waals surface area contributed by atoms with Crippen molar-refractivity contribution in [2.24, 2.45) is 0 Å². The maximum absolute atomic E-state index is 11.9. The van der Waals surface area contributed by atoms with Crippen LogP contribution in [0.1, 0.15) is 37.4 Å². The fraction of sp³-hybridized carbons (Fsp3) is 0.583. The lowest BCUT2D eigenvalue weighted by Crippen LogP contribution is -2.07. The summed E-state index contributed by atoms with van der Waals surface area (Å²) in [5.74, 6) is 0. The van der Waals surface area contributed by atoms with Crippen molar-refractivity contribution >= 4 is 0 Å². The Kier molecular flexibility index (Phi) is 4.77. The molecule has 0 aliphatic heterocycles. The Bertz CT molecular complexity index is 303. The van der Waals surface area contributed by atoms with Crippen molar-refractivity contribution in [3.63, 3.8) is 0 Å². The predicted octanol–water partition coefficient (Wildman–Crippen LogP) is 3.92. The van der Waals surface area contributed by atoms with Crippen molar-refractivity contribution in [1.29, 1.82) is 0 Å². The monoisotopic (exact) mass is 231 g/mol. The van der Waals surface area contributed by atoms with E-state index in [-0.39, 0.29) is 6.42 Å². The van der Waals surface area contributed by atoms with Gasteiger partial charge in [-0.2, -0.15) is 13.2 Å². The van der Waals surface area contributed by atoms with E-state index in [9.17, 15) is 13.2 Å². The van der Waals surface area contributed by atoms with Gasteiger partial charge < -0.3 is 0 Å². The minimum atomic E-state index is -4.05. The molecule has 0 N–H and O–H groups in total. The van der Waals surface area contributed by atoms with E-state index in [1.807, 2.05) is 12.1 Å². The number of halogens is 3. The molecule has 0 amide bonds. The van der Waals surface area contributed by atoms with Crippen LogP contribution in [-0.2, 0) is 12.8 Å². The fourth-order valence-electron chi connectivity index (χ4n) is 1.50. The second-order valence-corrected chi connectivity index (χ2v) is 3.88. The highest BCUT2D eigenvalue weighted by molar-refractivity contribution is 5.14. The van der Waals surface area contributed by atoms with Gasteiger partial charge in [-0.3, -0.25) is 4.98 Å². The number of aryl methyl sites for hydroxylation is 2. The summed E-state index contributed by atoms with van der Waals surface area (Å²) >= 11 is 0. The molecule has 0 fully saturated rings. The fourth-order valence-corrected chi connectivity index (χ4v) is 1.50. The summed E-state index contributed by atoms with van der Waals surface area (Å²) < 4.78 is 35.7. The van der Waals surface area contributed by atoms with Crippen molar-refractivity contribution in [2.75, 3.05) is 0 Å². The third-order valence-corrected chi connectivity index (χ3v) is 2.32. The quantitative estimate of drug-likeness (QED) is 0.748. The second-order valence-electron chi connectivity index (χ2n) is 3.88. The molecular weight excluding hydrogens is 215 g/mol. The van der Waals surface area contributed by atoms with Gasteiger partial charge >= 0.3 is 6.18 Å². The number of hydrogen-bond acceptors (Lipinski definition) is 1. The summed E-state index contributed by atoms with van der Waals surface area (Å²) in [4.78, 5) is 4.20. The van der Waals surface area contributed by atoms with Crippen LogP contribution in [0.25, 0.3) is 0 Å². The molecule has 0 saturated heterocycles. The first-order valence-electron chi connectivity index (χ1n) is 5.52. The molecular formula is C12H16F3N.